The number of rotatable bonds is 5. The average Bonchev–Trinajstić information content (AvgIpc) is 2.95. The molecule has 136 valence electrons. The predicted molar refractivity (Wildman–Crippen MR) is 107 cm³/mol. The first-order valence-electron chi connectivity index (χ1n) is 8.64. The van der Waals surface area contributed by atoms with E-state index in [1.165, 1.54) is 0 Å². The van der Waals surface area contributed by atoms with E-state index in [4.69, 9.17) is 4.74 Å². The third kappa shape index (κ3) is 3.60. The SMILES string of the molecule is CCc1nc2c(C)cc(Br)cn2c1C(=O)Nc1ccccc1OC(C)C. The molecule has 0 aliphatic heterocycles. The Hall–Kier alpha value is -2.34. The summed E-state index contributed by atoms with van der Waals surface area (Å²) in [4.78, 5) is 17.7. The van der Waals surface area contributed by atoms with E-state index in [9.17, 15) is 4.79 Å². The summed E-state index contributed by atoms with van der Waals surface area (Å²) in [6, 6.07) is 9.45. The van der Waals surface area contributed by atoms with Gasteiger partial charge in [-0.25, -0.2) is 4.98 Å². The van der Waals surface area contributed by atoms with Crippen LogP contribution in [0, 0.1) is 6.92 Å². The average molecular weight is 416 g/mol. The summed E-state index contributed by atoms with van der Waals surface area (Å²) in [6.45, 7) is 7.90. The molecule has 5 nitrogen and oxygen atoms in total. The van der Waals surface area contributed by atoms with E-state index in [0.29, 0.717) is 23.6 Å². The highest BCUT2D eigenvalue weighted by Crippen LogP contribution is 2.27. The number of ether oxygens (including phenoxy) is 1. The van der Waals surface area contributed by atoms with E-state index in [2.05, 4.69) is 26.2 Å². The zero-order valence-corrected chi connectivity index (χ0v) is 16.9. The summed E-state index contributed by atoms with van der Waals surface area (Å²) in [5.74, 6) is 0.451. The monoisotopic (exact) mass is 415 g/mol. The fraction of sp³-hybridized carbons (Fsp3) is 0.300. The van der Waals surface area contributed by atoms with Crippen molar-refractivity contribution in [2.45, 2.75) is 40.2 Å². The summed E-state index contributed by atoms with van der Waals surface area (Å²) < 4.78 is 8.55. The molecule has 0 unspecified atom stereocenters. The van der Waals surface area contributed by atoms with Crippen molar-refractivity contribution in [3.8, 4) is 5.75 Å². The maximum atomic E-state index is 13.1. The van der Waals surface area contributed by atoms with Crippen molar-refractivity contribution in [1.29, 1.82) is 0 Å². The molecule has 0 aliphatic carbocycles. The van der Waals surface area contributed by atoms with Gasteiger partial charge >= 0.3 is 0 Å². The largest absolute Gasteiger partial charge is 0.489 e. The lowest BCUT2D eigenvalue weighted by molar-refractivity contribution is 0.101. The first-order valence-corrected chi connectivity index (χ1v) is 9.44. The Kier molecular flexibility index (Phi) is 5.32. The van der Waals surface area contributed by atoms with Gasteiger partial charge in [-0.2, -0.15) is 0 Å². The van der Waals surface area contributed by atoms with E-state index >= 15 is 0 Å². The Bertz CT molecular complexity index is 963. The van der Waals surface area contributed by atoms with Crippen LogP contribution in [-0.2, 0) is 6.42 Å². The maximum Gasteiger partial charge on any atom is 0.274 e. The van der Waals surface area contributed by atoms with Crippen LogP contribution in [0.1, 0.15) is 42.5 Å². The topological polar surface area (TPSA) is 55.6 Å². The molecule has 0 bridgehead atoms. The number of hydrogen-bond donors (Lipinski definition) is 1. The number of imidazole rings is 1. The first kappa shape index (κ1) is 18.5. The molecule has 6 heteroatoms. The number of fused-ring (bicyclic) bond motifs is 1. The molecule has 2 heterocycles. The minimum atomic E-state index is -0.202. The van der Waals surface area contributed by atoms with E-state index < -0.39 is 0 Å². The number of benzene rings is 1. The van der Waals surface area contributed by atoms with Crippen LogP contribution in [-0.4, -0.2) is 21.4 Å². The normalized spacial score (nSPS) is 11.2. The van der Waals surface area contributed by atoms with Crippen LogP contribution < -0.4 is 10.1 Å². The van der Waals surface area contributed by atoms with Crippen LogP contribution in [0.3, 0.4) is 0 Å². The zero-order valence-electron chi connectivity index (χ0n) is 15.3. The van der Waals surface area contributed by atoms with Crippen LogP contribution in [0.4, 0.5) is 5.69 Å². The Balaban J connectivity index is 2.04. The fourth-order valence-corrected chi connectivity index (χ4v) is 3.46. The number of carbonyl (C=O) groups is 1. The lowest BCUT2D eigenvalue weighted by Crippen LogP contribution is -2.17. The van der Waals surface area contributed by atoms with Crippen molar-refractivity contribution in [2.75, 3.05) is 5.32 Å². The summed E-state index contributed by atoms with van der Waals surface area (Å²) in [5, 5.41) is 2.98. The molecule has 0 atom stereocenters. The molecule has 26 heavy (non-hydrogen) atoms. The molecule has 0 radical (unpaired) electrons. The molecule has 0 spiro atoms. The van der Waals surface area contributed by atoms with E-state index in [1.54, 1.807) is 0 Å². The number of anilines is 1. The molecule has 1 N–H and O–H groups in total. The minimum Gasteiger partial charge on any atom is -0.489 e. The molecular formula is C20H22BrN3O2. The van der Waals surface area contributed by atoms with Gasteiger partial charge in [-0.15, -0.1) is 0 Å². The zero-order chi connectivity index (χ0) is 18.8. The number of nitrogens with zero attached hydrogens (tertiary/aromatic N) is 2. The van der Waals surface area contributed by atoms with Crippen molar-refractivity contribution >= 4 is 33.2 Å². The van der Waals surface area contributed by atoms with Gasteiger partial charge < -0.3 is 10.1 Å². The highest BCUT2D eigenvalue weighted by Gasteiger charge is 2.21. The highest BCUT2D eigenvalue weighted by molar-refractivity contribution is 9.10. The van der Waals surface area contributed by atoms with Crippen LogP contribution in [0.2, 0.25) is 0 Å². The third-order valence-corrected chi connectivity index (χ3v) is 4.42. The van der Waals surface area contributed by atoms with E-state index in [0.717, 1.165) is 21.4 Å². The smallest absolute Gasteiger partial charge is 0.274 e. The van der Waals surface area contributed by atoms with E-state index in [-0.39, 0.29) is 12.0 Å². The Morgan fingerprint density at radius 2 is 2.08 bits per heavy atom. The van der Waals surface area contributed by atoms with E-state index in [1.807, 2.05) is 68.6 Å². The maximum absolute atomic E-state index is 13.1. The lowest BCUT2D eigenvalue weighted by Gasteiger charge is -2.15. The number of para-hydroxylation sites is 2. The summed E-state index contributed by atoms with van der Waals surface area (Å²) >= 11 is 3.50. The molecule has 1 aromatic carbocycles. The number of hydrogen-bond acceptors (Lipinski definition) is 3. The van der Waals surface area contributed by atoms with Gasteiger partial charge in [-0.05, 0) is 66.9 Å². The molecule has 1 amide bonds. The third-order valence-electron chi connectivity index (χ3n) is 3.99. The van der Waals surface area contributed by atoms with Crippen LogP contribution in [0.15, 0.2) is 41.0 Å². The second-order valence-electron chi connectivity index (χ2n) is 6.41. The van der Waals surface area contributed by atoms with Crippen molar-refractivity contribution in [3.05, 3.63) is 58.0 Å². The summed E-state index contributed by atoms with van der Waals surface area (Å²) in [5.41, 5.74) is 3.77. The number of nitrogens with one attached hydrogen (secondary N) is 1. The number of amides is 1. The number of aromatic nitrogens is 2. The Morgan fingerprint density at radius 1 is 1.35 bits per heavy atom. The van der Waals surface area contributed by atoms with Crippen molar-refractivity contribution in [3.63, 3.8) is 0 Å². The number of aryl methyl sites for hydroxylation is 2. The van der Waals surface area contributed by atoms with Crippen LogP contribution in [0.25, 0.3) is 5.65 Å². The van der Waals surface area contributed by atoms with Gasteiger partial charge in [0.1, 0.15) is 17.1 Å². The van der Waals surface area contributed by atoms with Gasteiger partial charge in [0.05, 0.1) is 17.5 Å². The molecule has 0 saturated heterocycles. The first-order chi connectivity index (χ1) is 12.4. The van der Waals surface area contributed by atoms with Crippen LogP contribution >= 0.6 is 15.9 Å². The van der Waals surface area contributed by atoms with Gasteiger partial charge in [-0.1, -0.05) is 19.1 Å². The second-order valence-corrected chi connectivity index (χ2v) is 7.33. The Labute approximate surface area is 161 Å². The highest BCUT2D eigenvalue weighted by atomic mass is 79.9. The van der Waals surface area contributed by atoms with Gasteiger partial charge in [0.2, 0.25) is 0 Å². The van der Waals surface area contributed by atoms with Gasteiger partial charge in [0.15, 0.2) is 0 Å². The quantitative estimate of drug-likeness (QED) is 0.637. The van der Waals surface area contributed by atoms with Gasteiger partial charge in [0.25, 0.3) is 5.91 Å². The number of carbonyl (C=O) groups excluding carboxylic acids is 1. The lowest BCUT2D eigenvalue weighted by atomic mass is 10.2. The Morgan fingerprint density at radius 3 is 2.77 bits per heavy atom. The molecule has 0 aliphatic rings. The van der Waals surface area contributed by atoms with Gasteiger partial charge in [0, 0.05) is 10.7 Å². The van der Waals surface area contributed by atoms with Crippen LogP contribution in [0.5, 0.6) is 5.75 Å². The molecule has 0 fully saturated rings. The standard InChI is InChI=1S/C20H22BrN3O2/c1-5-15-18(24-11-14(21)10-13(4)19(24)22-15)20(25)23-16-8-6-7-9-17(16)26-12(2)3/h6-12H,5H2,1-4H3,(H,23,25). The number of halogens is 1. The fourth-order valence-electron chi connectivity index (χ4n) is 2.91. The number of pyridine rings is 1. The molecule has 3 aromatic rings. The molecule has 2 aromatic heterocycles. The molecule has 3 rings (SSSR count). The van der Waals surface area contributed by atoms with Crippen molar-refractivity contribution in [1.82, 2.24) is 9.38 Å². The molecule has 0 saturated carbocycles. The molecular weight excluding hydrogens is 394 g/mol. The van der Waals surface area contributed by atoms with Crippen molar-refractivity contribution < 1.29 is 9.53 Å². The van der Waals surface area contributed by atoms with Crippen molar-refractivity contribution in [2.24, 2.45) is 0 Å². The second kappa shape index (κ2) is 7.50. The van der Waals surface area contributed by atoms with Gasteiger partial charge in [-0.3, -0.25) is 9.20 Å². The summed E-state index contributed by atoms with van der Waals surface area (Å²) in [6.07, 6.45) is 2.57. The summed E-state index contributed by atoms with van der Waals surface area (Å²) in [7, 11) is 0. The predicted octanol–water partition coefficient (Wildman–Crippen LogP) is 5.01. The minimum absolute atomic E-state index is 0.0219.